The van der Waals surface area contributed by atoms with Crippen molar-refractivity contribution in [3.8, 4) is 0 Å². The van der Waals surface area contributed by atoms with Crippen LogP contribution in [-0.2, 0) is 4.79 Å². The van der Waals surface area contributed by atoms with Crippen molar-refractivity contribution in [2.24, 2.45) is 0 Å². The highest BCUT2D eigenvalue weighted by Gasteiger charge is 2.01. The molecule has 9 heavy (non-hydrogen) atoms. The topological polar surface area (TPSA) is 73.2 Å². The molecule has 0 aliphatic rings. The Morgan fingerprint density at radius 3 is 2.44 bits per heavy atom. The lowest BCUT2D eigenvalue weighted by Gasteiger charge is -1.94. The van der Waals surface area contributed by atoms with Crippen LogP contribution in [0.25, 0.3) is 0 Å². The number of carbonyl (C=O) groups is 1. The Hall–Kier alpha value is -1.32. The van der Waals surface area contributed by atoms with Crippen LogP contribution in [0.3, 0.4) is 0 Å². The molecule has 0 aromatic carbocycles. The molecule has 0 saturated heterocycles. The number of hydrogen-bond acceptors (Lipinski definition) is 3. The summed E-state index contributed by atoms with van der Waals surface area (Å²) in [5, 5.41) is 17.1. The molecule has 0 aromatic heterocycles. The van der Waals surface area contributed by atoms with Gasteiger partial charge in [0.1, 0.15) is 0 Å². The van der Waals surface area contributed by atoms with Crippen LogP contribution < -0.4 is 5.32 Å². The third-order valence-corrected chi connectivity index (χ3v) is 0.784. The first kappa shape index (κ1) is 7.68. The van der Waals surface area contributed by atoms with Crippen LogP contribution in [0.2, 0.25) is 0 Å². The van der Waals surface area contributed by atoms with Gasteiger partial charge in [0, 0.05) is 13.3 Å². The number of aliphatic hydroxyl groups excluding tert-OH is 1. The molecule has 0 aromatic rings. The summed E-state index contributed by atoms with van der Waals surface area (Å²) in [4.78, 5) is 10.5. The van der Waals surface area contributed by atoms with Gasteiger partial charge in [-0.3, -0.25) is 4.79 Å². The summed E-state index contributed by atoms with van der Waals surface area (Å²) in [6.07, 6.45) is 1.37. The zero-order chi connectivity index (χ0) is 7.28. The molecule has 0 radical (unpaired) electrons. The Morgan fingerprint density at radius 2 is 2.33 bits per heavy atom. The Balaban J connectivity index is 4.14. The van der Waals surface area contributed by atoms with Gasteiger partial charge in [0.05, 0.1) is 11.8 Å². The molecule has 4 nitrogen and oxygen atoms in total. The van der Waals surface area contributed by atoms with Crippen molar-refractivity contribution in [3.05, 3.63) is 11.8 Å². The van der Waals surface area contributed by atoms with E-state index in [9.17, 15) is 4.79 Å². The summed E-state index contributed by atoms with van der Waals surface area (Å²) < 4.78 is 0. The third-order valence-electron chi connectivity index (χ3n) is 0.784. The SMILES string of the molecule is CNC(=O)/C(C=N)=C/O. The first-order valence-corrected chi connectivity index (χ1v) is 2.33. The summed E-state index contributed by atoms with van der Waals surface area (Å²) in [7, 11) is 1.43. The molecular formula is C5H8N2O2. The lowest BCUT2D eigenvalue weighted by molar-refractivity contribution is -0.116. The number of hydrogen-bond donors (Lipinski definition) is 3. The van der Waals surface area contributed by atoms with Crippen LogP contribution in [0.5, 0.6) is 0 Å². The number of likely N-dealkylation sites (N-methyl/N-ethyl adjacent to an activating group) is 1. The minimum Gasteiger partial charge on any atom is -0.515 e. The zero-order valence-electron chi connectivity index (χ0n) is 5.01. The predicted octanol–water partition coefficient (Wildman–Crippen LogP) is -0.176. The van der Waals surface area contributed by atoms with E-state index < -0.39 is 5.91 Å². The zero-order valence-corrected chi connectivity index (χ0v) is 5.01. The van der Waals surface area contributed by atoms with Crippen LogP contribution in [0.1, 0.15) is 0 Å². The van der Waals surface area contributed by atoms with Crippen LogP contribution >= 0.6 is 0 Å². The Morgan fingerprint density at radius 1 is 1.78 bits per heavy atom. The number of carbonyl (C=O) groups excluding carboxylic acids is 1. The number of rotatable bonds is 2. The number of nitrogens with one attached hydrogen (secondary N) is 2. The van der Waals surface area contributed by atoms with E-state index in [2.05, 4.69) is 5.32 Å². The lowest BCUT2D eigenvalue weighted by atomic mass is 10.3. The van der Waals surface area contributed by atoms with Gasteiger partial charge in [0.25, 0.3) is 5.91 Å². The Labute approximate surface area is 52.7 Å². The Bertz CT molecular complexity index is 151. The maximum atomic E-state index is 10.5. The fourth-order valence-electron chi connectivity index (χ4n) is 0.306. The molecule has 0 fully saturated rings. The summed E-state index contributed by atoms with van der Waals surface area (Å²) >= 11 is 0. The number of amides is 1. The van der Waals surface area contributed by atoms with E-state index in [1.807, 2.05) is 0 Å². The van der Waals surface area contributed by atoms with Gasteiger partial charge in [-0.05, 0) is 0 Å². The van der Waals surface area contributed by atoms with Crippen LogP contribution in [0, 0.1) is 5.41 Å². The molecule has 4 heteroatoms. The average Bonchev–Trinajstić information content (AvgIpc) is 1.90. The molecule has 0 bridgehead atoms. The van der Waals surface area contributed by atoms with Crippen LogP contribution in [0.15, 0.2) is 11.8 Å². The minimum atomic E-state index is -0.465. The summed E-state index contributed by atoms with van der Waals surface area (Å²) in [5.41, 5.74) is -0.0579. The minimum absolute atomic E-state index is 0.0579. The highest BCUT2D eigenvalue weighted by Crippen LogP contribution is 1.84. The van der Waals surface area contributed by atoms with E-state index in [1.54, 1.807) is 0 Å². The molecule has 0 saturated carbocycles. The molecule has 0 spiro atoms. The molecule has 50 valence electrons. The van der Waals surface area contributed by atoms with E-state index in [1.165, 1.54) is 7.05 Å². The molecule has 0 heterocycles. The monoisotopic (exact) mass is 128 g/mol. The second-order valence-corrected chi connectivity index (χ2v) is 1.31. The van der Waals surface area contributed by atoms with Gasteiger partial charge < -0.3 is 15.8 Å². The first-order valence-electron chi connectivity index (χ1n) is 2.33. The summed E-state index contributed by atoms with van der Waals surface area (Å²) in [6.45, 7) is 0. The maximum absolute atomic E-state index is 10.5. The standard InChI is InChI=1S/C5H8N2O2/c1-7-5(9)4(2-6)3-8/h2-3,6,8H,1H3,(H,7,9)/b4-3+,6-2?. The molecular weight excluding hydrogens is 120 g/mol. The van der Waals surface area contributed by atoms with Crippen molar-refractivity contribution in [2.75, 3.05) is 7.05 Å². The molecule has 0 unspecified atom stereocenters. The van der Waals surface area contributed by atoms with Gasteiger partial charge in [-0.1, -0.05) is 0 Å². The summed E-state index contributed by atoms with van der Waals surface area (Å²) in [6, 6.07) is 0. The van der Waals surface area contributed by atoms with Crippen molar-refractivity contribution in [3.63, 3.8) is 0 Å². The van der Waals surface area contributed by atoms with Gasteiger partial charge in [0.15, 0.2) is 0 Å². The summed E-state index contributed by atoms with van der Waals surface area (Å²) in [5.74, 6) is -0.465. The smallest absolute Gasteiger partial charge is 0.255 e. The maximum Gasteiger partial charge on any atom is 0.255 e. The molecule has 0 rings (SSSR count). The van der Waals surface area contributed by atoms with Gasteiger partial charge in [0.2, 0.25) is 0 Å². The van der Waals surface area contributed by atoms with Gasteiger partial charge >= 0.3 is 0 Å². The van der Waals surface area contributed by atoms with Gasteiger partial charge in [-0.25, -0.2) is 0 Å². The van der Waals surface area contributed by atoms with Gasteiger partial charge in [-0.15, -0.1) is 0 Å². The fourth-order valence-corrected chi connectivity index (χ4v) is 0.306. The third kappa shape index (κ3) is 1.94. The van der Waals surface area contributed by atoms with Crippen LogP contribution in [0.4, 0.5) is 0 Å². The van der Waals surface area contributed by atoms with Gasteiger partial charge in [-0.2, -0.15) is 0 Å². The second kappa shape index (κ2) is 3.65. The Kier molecular flexibility index (Phi) is 3.12. The van der Waals surface area contributed by atoms with Crippen molar-refractivity contribution in [1.82, 2.24) is 5.32 Å². The second-order valence-electron chi connectivity index (χ2n) is 1.31. The molecule has 0 aliphatic heterocycles. The van der Waals surface area contributed by atoms with Crippen LogP contribution in [-0.4, -0.2) is 24.3 Å². The average molecular weight is 128 g/mol. The van der Waals surface area contributed by atoms with E-state index in [0.717, 1.165) is 6.21 Å². The highest BCUT2D eigenvalue weighted by atomic mass is 16.2. The fraction of sp³-hybridized carbons (Fsp3) is 0.200. The van der Waals surface area contributed by atoms with E-state index >= 15 is 0 Å². The lowest BCUT2D eigenvalue weighted by Crippen LogP contribution is -2.20. The first-order chi connectivity index (χ1) is 4.26. The number of aliphatic hydroxyl groups is 1. The normalized spacial score (nSPS) is 10.6. The molecule has 0 atom stereocenters. The van der Waals surface area contributed by atoms with Crippen molar-refractivity contribution < 1.29 is 9.90 Å². The van der Waals surface area contributed by atoms with Crippen molar-refractivity contribution >= 4 is 12.1 Å². The highest BCUT2D eigenvalue weighted by molar-refractivity contribution is 6.10. The molecule has 1 amide bonds. The molecule has 0 aliphatic carbocycles. The van der Waals surface area contributed by atoms with Crippen molar-refractivity contribution in [2.45, 2.75) is 0 Å². The van der Waals surface area contributed by atoms with Crippen molar-refractivity contribution in [1.29, 1.82) is 5.41 Å². The molecule has 3 N–H and O–H groups in total. The van der Waals surface area contributed by atoms with E-state index in [0.29, 0.717) is 6.26 Å². The van der Waals surface area contributed by atoms with E-state index in [-0.39, 0.29) is 5.57 Å². The van der Waals surface area contributed by atoms with E-state index in [4.69, 9.17) is 10.5 Å². The largest absolute Gasteiger partial charge is 0.515 e. The quantitative estimate of drug-likeness (QED) is 0.274. The predicted molar refractivity (Wildman–Crippen MR) is 33.6 cm³/mol.